The van der Waals surface area contributed by atoms with Gasteiger partial charge in [-0.05, 0) is 170 Å². The molecule has 0 heterocycles. The van der Waals surface area contributed by atoms with Gasteiger partial charge in [0.1, 0.15) is 0 Å². The summed E-state index contributed by atoms with van der Waals surface area (Å²) in [4.78, 5) is 0. The molecular formula is C68H83Cl2F3SiZr-4. The Morgan fingerprint density at radius 3 is 1.09 bits per heavy atom. The third-order valence-corrected chi connectivity index (χ3v) is 20.1. The Morgan fingerprint density at radius 2 is 0.800 bits per heavy atom. The summed E-state index contributed by atoms with van der Waals surface area (Å²) in [5.74, 6) is 7.90. The van der Waals surface area contributed by atoms with Crippen molar-refractivity contribution in [1.82, 2.24) is 0 Å². The standard InChI is InChI=1S/2C32H37.C3H4F3.CH3.2ClH.Si.Zr/c2*1-2-5-22(6-3-1)13-23-17-28-7-4-8-30(31(28)18-23)27-9-11-29(12-10-27)32-19-24-14-25(20-32)16-26(15-24)21-32;1-2-3(4,5)6;;;;;/h2*4,7-12,17-18,22,24-26H,1-3,5-6,13-16,19-21H2;1-2H2;1H3;2*1H;;/q4*-1;;;;. The van der Waals surface area contributed by atoms with Crippen LogP contribution in [0, 0.1) is 61.7 Å². The average Bonchev–Trinajstić information content (AvgIpc) is 4.00. The normalized spacial score (nSPS) is 28.4. The van der Waals surface area contributed by atoms with Crippen LogP contribution in [0.2, 0.25) is 0 Å². The molecule has 0 amide bonds. The van der Waals surface area contributed by atoms with E-state index in [2.05, 4.69) is 123 Å². The maximum absolute atomic E-state index is 10.7. The van der Waals surface area contributed by atoms with Crippen molar-refractivity contribution in [1.29, 1.82) is 0 Å². The molecule has 6 aromatic rings. The zero-order valence-corrected chi connectivity index (χ0v) is 49.9. The van der Waals surface area contributed by atoms with Gasteiger partial charge in [-0.15, -0.1) is 93.9 Å². The number of fused-ring (bicyclic) bond motifs is 2. The van der Waals surface area contributed by atoms with Gasteiger partial charge >= 0.3 is 36.4 Å². The van der Waals surface area contributed by atoms with Gasteiger partial charge in [0.2, 0.25) is 0 Å². The zero-order chi connectivity index (χ0) is 49.5. The molecule has 0 aromatic heterocycles. The minimum absolute atomic E-state index is 0. The van der Waals surface area contributed by atoms with E-state index in [0.717, 1.165) is 47.3 Å². The maximum atomic E-state index is 10.7. The Labute approximate surface area is 479 Å². The quantitative estimate of drug-likeness (QED) is 0.105. The van der Waals surface area contributed by atoms with Gasteiger partial charge in [0, 0.05) is 0 Å². The van der Waals surface area contributed by atoms with E-state index in [1.807, 2.05) is 0 Å². The first-order chi connectivity index (χ1) is 35.0. The van der Waals surface area contributed by atoms with Gasteiger partial charge in [0.05, 0.1) is 0 Å². The summed E-state index contributed by atoms with van der Waals surface area (Å²) in [6.07, 6.45) is 29.8. The number of alkyl halides is 3. The summed E-state index contributed by atoms with van der Waals surface area (Å²) in [6, 6.07) is 43.6. The van der Waals surface area contributed by atoms with Crippen LogP contribution in [-0.4, -0.2) is 13.1 Å². The fourth-order valence-corrected chi connectivity index (χ4v) is 17.7. The van der Waals surface area contributed by atoms with Crippen LogP contribution in [0.4, 0.5) is 13.2 Å². The van der Waals surface area contributed by atoms with E-state index in [1.54, 1.807) is 22.3 Å². The first kappa shape index (κ1) is 58.7. The van der Waals surface area contributed by atoms with Crippen LogP contribution in [-0.2, 0) is 47.0 Å². The summed E-state index contributed by atoms with van der Waals surface area (Å²) in [7, 11) is 0. The van der Waals surface area contributed by atoms with Crippen LogP contribution in [0.1, 0.15) is 170 Å². The SMILES string of the molecule is Cl.Cl.[CH2-]CC(F)(F)F.[CH3-].[Si]=[Zr].c1cc(-c2ccc(C34CC5CC(CC(C5)C3)C4)cc2)c2cc(CC3CCCCC3)[cH-]c2c1.c1cc(-c2ccc(C34CC5CC(CC(C5)C3)C4)cc2)c2cc(CC3CCCCC3)[cH-]c2c1. The number of halogens is 5. The fourth-order valence-electron chi connectivity index (χ4n) is 17.7. The van der Waals surface area contributed by atoms with Gasteiger partial charge in [-0.2, -0.15) is 25.3 Å². The second-order valence-electron chi connectivity index (χ2n) is 25.2. The number of rotatable bonds is 8. The molecule has 6 aromatic carbocycles. The van der Waals surface area contributed by atoms with Crippen LogP contribution >= 0.6 is 24.8 Å². The van der Waals surface area contributed by atoms with E-state index >= 15 is 0 Å². The van der Waals surface area contributed by atoms with Crippen molar-refractivity contribution in [2.45, 2.75) is 178 Å². The molecular weight excluding hydrogens is 1060 g/mol. The molecule has 8 bridgehead atoms. The van der Waals surface area contributed by atoms with E-state index in [-0.39, 0.29) is 32.2 Å². The molecule has 0 saturated heterocycles. The molecule has 0 unspecified atom stereocenters. The van der Waals surface area contributed by atoms with Crippen LogP contribution in [0.3, 0.4) is 0 Å². The Morgan fingerprint density at radius 1 is 0.493 bits per heavy atom. The molecule has 0 N–H and O–H groups in total. The summed E-state index contributed by atoms with van der Waals surface area (Å²) >= 11 is 1.36. The monoisotopic (exact) mass is 1140 g/mol. The van der Waals surface area contributed by atoms with E-state index in [4.69, 9.17) is 0 Å². The molecule has 16 rings (SSSR count). The largest absolute Gasteiger partial charge is 0.164 e. The molecule has 10 aliphatic carbocycles. The predicted molar refractivity (Wildman–Crippen MR) is 313 cm³/mol. The number of benzene rings is 4. The topological polar surface area (TPSA) is 0 Å². The van der Waals surface area contributed by atoms with E-state index in [9.17, 15) is 13.2 Å². The van der Waals surface area contributed by atoms with Crippen LogP contribution in [0.15, 0.2) is 109 Å². The van der Waals surface area contributed by atoms with E-state index < -0.39 is 12.6 Å². The molecule has 0 nitrogen and oxygen atoms in total. The van der Waals surface area contributed by atoms with Crippen molar-refractivity contribution >= 4 is 53.2 Å². The molecule has 2 radical (unpaired) electrons. The summed E-state index contributed by atoms with van der Waals surface area (Å²) in [5, 5.41) is 5.78. The smallest absolute Gasteiger partial charge is 0.00391 e. The second-order valence-corrected chi connectivity index (χ2v) is 25.2. The minimum atomic E-state index is -4.07. The zero-order valence-electron chi connectivity index (χ0n) is 44.8. The van der Waals surface area contributed by atoms with Crippen molar-refractivity contribution in [2.24, 2.45) is 47.3 Å². The maximum Gasteiger partial charge on any atom is -0.00391 e. The molecule has 10 fully saturated rings. The molecule has 75 heavy (non-hydrogen) atoms. The van der Waals surface area contributed by atoms with Gasteiger partial charge in [0.25, 0.3) is 0 Å². The van der Waals surface area contributed by atoms with Gasteiger partial charge in [0.15, 0.2) is 0 Å². The van der Waals surface area contributed by atoms with Crippen molar-refractivity contribution in [3.8, 4) is 22.3 Å². The Hall–Kier alpha value is -2.43. The van der Waals surface area contributed by atoms with E-state index in [0.29, 0.717) is 10.8 Å². The minimum Gasteiger partial charge on any atom is -0.164 e. The van der Waals surface area contributed by atoms with E-state index in [1.165, 1.54) is 221 Å². The first-order valence-electron chi connectivity index (χ1n) is 28.7. The Kier molecular flexibility index (Phi) is 19.8. The van der Waals surface area contributed by atoms with Crippen LogP contribution in [0.25, 0.3) is 43.8 Å². The van der Waals surface area contributed by atoms with Gasteiger partial charge in [-0.25, -0.2) is 0 Å². The molecule has 10 saturated carbocycles. The van der Waals surface area contributed by atoms with Crippen LogP contribution < -0.4 is 0 Å². The van der Waals surface area contributed by atoms with Crippen molar-refractivity contribution < 1.29 is 36.5 Å². The summed E-state index contributed by atoms with van der Waals surface area (Å²) in [5.41, 5.74) is 13.1. The molecule has 7 heteroatoms. The van der Waals surface area contributed by atoms with Crippen molar-refractivity contribution in [3.63, 3.8) is 0 Å². The summed E-state index contributed by atoms with van der Waals surface area (Å²) in [6.45, 7) is 5.69. The van der Waals surface area contributed by atoms with Crippen molar-refractivity contribution in [3.05, 3.63) is 146 Å². The third kappa shape index (κ3) is 13.1. The van der Waals surface area contributed by atoms with Gasteiger partial charge in [-0.3, -0.25) is 0 Å². The average molecular weight is 1150 g/mol. The van der Waals surface area contributed by atoms with Gasteiger partial charge < -0.3 is 14.4 Å². The Balaban J connectivity index is 0.000000169. The molecule has 0 atom stereocenters. The first-order valence-corrected chi connectivity index (χ1v) is 32.9. The van der Waals surface area contributed by atoms with Crippen molar-refractivity contribution in [2.75, 3.05) is 0 Å². The van der Waals surface area contributed by atoms with Gasteiger partial charge in [-0.1, -0.05) is 142 Å². The second kappa shape index (κ2) is 25.4. The fraction of sp³-hybridized carbons (Fsp3) is 0.529. The van der Waals surface area contributed by atoms with Crippen LogP contribution in [0.5, 0.6) is 0 Å². The molecule has 10 aliphatic rings. The predicted octanol–water partition coefficient (Wildman–Crippen LogP) is 20.3. The summed E-state index contributed by atoms with van der Waals surface area (Å²) < 4.78 is 32.2. The molecule has 0 aliphatic heterocycles. The number of hydrogen-bond donors (Lipinski definition) is 0. The molecule has 0 spiro atoms. The third-order valence-electron chi connectivity index (χ3n) is 20.1. The number of hydrogen-bond acceptors (Lipinski definition) is 0. The molecule has 402 valence electrons. The Bertz CT molecular complexity index is 2500.